The summed E-state index contributed by atoms with van der Waals surface area (Å²) in [5.41, 5.74) is 3.07. The molecule has 0 spiro atoms. The summed E-state index contributed by atoms with van der Waals surface area (Å²) < 4.78 is 46.3. The lowest BCUT2D eigenvalue weighted by molar-refractivity contribution is -0.274. The summed E-state index contributed by atoms with van der Waals surface area (Å²) in [6, 6.07) is 20.2. The molecule has 0 atom stereocenters. The van der Waals surface area contributed by atoms with Gasteiger partial charge in [0.2, 0.25) is 0 Å². The molecule has 0 aliphatic carbocycles. The predicted octanol–water partition coefficient (Wildman–Crippen LogP) is 5.65. The number of halogens is 3. The van der Waals surface area contributed by atoms with Gasteiger partial charge < -0.3 is 19.7 Å². The van der Waals surface area contributed by atoms with Crippen LogP contribution in [0.4, 0.5) is 35.0 Å². The fourth-order valence-corrected chi connectivity index (χ4v) is 3.68. The van der Waals surface area contributed by atoms with E-state index in [1.165, 1.54) is 12.1 Å². The van der Waals surface area contributed by atoms with E-state index in [2.05, 4.69) is 15.0 Å². The second kappa shape index (κ2) is 9.32. The van der Waals surface area contributed by atoms with Gasteiger partial charge in [0.15, 0.2) is 0 Å². The normalized spacial score (nSPS) is 13.3. The summed E-state index contributed by atoms with van der Waals surface area (Å²) in [6.45, 7) is 1.71. The third-order valence-electron chi connectivity index (χ3n) is 5.21. The van der Waals surface area contributed by atoms with E-state index < -0.39 is 6.36 Å². The summed E-state index contributed by atoms with van der Waals surface area (Å²) >= 11 is 0. The van der Waals surface area contributed by atoms with Crippen LogP contribution >= 0.6 is 0 Å². The molecule has 0 radical (unpaired) electrons. The smallest absolute Gasteiger partial charge is 0.497 e. The number of fused-ring (bicyclic) bond motifs is 1. The van der Waals surface area contributed by atoms with Crippen molar-refractivity contribution in [2.75, 3.05) is 35.3 Å². The molecule has 6 nitrogen and oxygen atoms in total. The zero-order valence-electron chi connectivity index (χ0n) is 17.8. The number of hydrogen-bond acceptors (Lipinski definition) is 4. The fraction of sp³-hybridized carbons (Fsp3) is 0.208. The second-order valence-corrected chi connectivity index (χ2v) is 7.42. The molecule has 9 heteroatoms. The van der Waals surface area contributed by atoms with Crippen molar-refractivity contribution in [3.8, 4) is 11.5 Å². The Labute approximate surface area is 189 Å². The minimum Gasteiger partial charge on any atom is -0.497 e. The van der Waals surface area contributed by atoms with Crippen molar-refractivity contribution >= 4 is 23.1 Å². The van der Waals surface area contributed by atoms with E-state index in [1.54, 1.807) is 18.1 Å². The monoisotopic (exact) mass is 457 g/mol. The van der Waals surface area contributed by atoms with Crippen molar-refractivity contribution in [2.24, 2.45) is 0 Å². The number of nitrogens with one attached hydrogen (secondary N) is 1. The second-order valence-electron chi connectivity index (χ2n) is 7.42. The van der Waals surface area contributed by atoms with Crippen LogP contribution in [0, 0.1) is 0 Å². The molecule has 2 amide bonds. The van der Waals surface area contributed by atoms with E-state index in [-0.39, 0.29) is 11.8 Å². The topological polar surface area (TPSA) is 54.0 Å². The molecule has 33 heavy (non-hydrogen) atoms. The van der Waals surface area contributed by atoms with Crippen molar-refractivity contribution in [3.63, 3.8) is 0 Å². The average molecular weight is 457 g/mol. The van der Waals surface area contributed by atoms with Gasteiger partial charge in [-0.25, -0.2) is 4.79 Å². The van der Waals surface area contributed by atoms with Gasteiger partial charge in [-0.2, -0.15) is 0 Å². The molecule has 0 fully saturated rings. The average Bonchev–Trinajstić information content (AvgIpc) is 2.80. The molecule has 1 N–H and O–H groups in total. The molecule has 0 bridgehead atoms. The molecular formula is C24H22F3N3O3. The third kappa shape index (κ3) is 5.49. The lowest BCUT2D eigenvalue weighted by Gasteiger charge is -2.38. The number of carbonyl (C=O) groups excluding carboxylic acids is 1. The highest BCUT2D eigenvalue weighted by Gasteiger charge is 2.31. The van der Waals surface area contributed by atoms with Gasteiger partial charge in [0, 0.05) is 31.4 Å². The Balaban J connectivity index is 1.53. The lowest BCUT2D eigenvalue weighted by Crippen LogP contribution is -2.45. The number of carbonyl (C=O) groups is 1. The van der Waals surface area contributed by atoms with Crippen LogP contribution in [0.1, 0.15) is 5.56 Å². The number of rotatable bonds is 5. The van der Waals surface area contributed by atoms with Crippen LogP contribution in [0.25, 0.3) is 0 Å². The molecule has 1 heterocycles. The molecule has 0 saturated carbocycles. The SMILES string of the molecule is COc1ccc2c(c1)N(Cc1ccccc1)CCN2C(=O)Nc1ccc(OC(F)(F)F)cc1. The summed E-state index contributed by atoms with van der Waals surface area (Å²) in [7, 11) is 1.59. The van der Waals surface area contributed by atoms with Crippen LogP contribution in [-0.4, -0.2) is 32.6 Å². The Morgan fingerprint density at radius 3 is 2.30 bits per heavy atom. The number of hydrogen-bond donors (Lipinski definition) is 1. The number of benzene rings is 3. The molecule has 1 aliphatic heterocycles. The van der Waals surface area contributed by atoms with Crippen LogP contribution in [0.15, 0.2) is 72.8 Å². The van der Waals surface area contributed by atoms with Crippen LogP contribution < -0.4 is 24.6 Å². The molecule has 0 unspecified atom stereocenters. The minimum atomic E-state index is -4.77. The van der Waals surface area contributed by atoms with Gasteiger partial charge in [-0.3, -0.25) is 4.90 Å². The van der Waals surface area contributed by atoms with Gasteiger partial charge in [-0.15, -0.1) is 13.2 Å². The zero-order chi connectivity index (χ0) is 23.4. The van der Waals surface area contributed by atoms with E-state index in [9.17, 15) is 18.0 Å². The molecule has 3 aromatic carbocycles. The Bertz CT molecular complexity index is 1110. The Morgan fingerprint density at radius 2 is 1.64 bits per heavy atom. The van der Waals surface area contributed by atoms with Gasteiger partial charge in [0.1, 0.15) is 11.5 Å². The highest BCUT2D eigenvalue weighted by molar-refractivity contribution is 6.04. The van der Waals surface area contributed by atoms with E-state index >= 15 is 0 Å². The van der Waals surface area contributed by atoms with E-state index in [1.807, 2.05) is 42.5 Å². The summed E-state index contributed by atoms with van der Waals surface area (Å²) in [4.78, 5) is 16.8. The quantitative estimate of drug-likeness (QED) is 0.538. The van der Waals surface area contributed by atoms with Gasteiger partial charge in [0.05, 0.1) is 18.5 Å². The molecular weight excluding hydrogens is 435 g/mol. The van der Waals surface area contributed by atoms with E-state index in [4.69, 9.17) is 4.74 Å². The first kappa shape index (κ1) is 22.3. The van der Waals surface area contributed by atoms with Crippen LogP contribution in [0.2, 0.25) is 0 Å². The molecule has 0 saturated heterocycles. The zero-order valence-corrected chi connectivity index (χ0v) is 17.8. The largest absolute Gasteiger partial charge is 0.573 e. The van der Waals surface area contributed by atoms with E-state index in [0.29, 0.717) is 36.8 Å². The molecule has 3 aromatic rings. The van der Waals surface area contributed by atoms with Crippen molar-refractivity contribution in [1.82, 2.24) is 0 Å². The van der Waals surface area contributed by atoms with Gasteiger partial charge in [-0.1, -0.05) is 30.3 Å². The number of methoxy groups -OCH3 is 1. The maximum atomic E-state index is 13.0. The summed E-state index contributed by atoms with van der Waals surface area (Å²) in [5.74, 6) is 0.321. The Hall–Kier alpha value is -3.88. The fourth-order valence-electron chi connectivity index (χ4n) is 3.68. The molecule has 4 rings (SSSR count). The van der Waals surface area contributed by atoms with Crippen LogP contribution in [0.3, 0.4) is 0 Å². The first-order valence-corrected chi connectivity index (χ1v) is 10.2. The first-order valence-electron chi connectivity index (χ1n) is 10.2. The third-order valence-corrected chi connectivity index (χ3v) is 5.21. The Kier molecular flexibility index (Phi) is 6.30. The van der Waals surface area contributed by atoms with Crippen molar-refractivity contribution in [2.45, 2.75) is 12.9 Å². The minimum absolute atomic E-state index is 0.354. The van der Waals surface area contributed by atoms with Crippen LogP contribution in [-0.2, 0) is 6.54 Å². The number of ether oxygens (including phenoxy) is 2. The maximum Gasteiger partial charge on any atom is 0.573 e. The number of amides is 2. The number of alkyl halides is 3. The molecule has 172 valence electrons. The van der Waals surface area contributed by atoms with Gasteiger partial charge >= 0.3 is 12.4 Å². The molecule has 0 aromatic heterocycles. The number of nitrogens with zero attached hydrogens (tertiary/aromatic N) is 2. The first-order chi connectivity index (χ1) is 15.8. The lowest BCUT2D eigenvalue weighted by atomic mass is 10.1. The van der Waals surface area contributed by atoms with Gasteiger partial charge in [0.25, 0.3) is 0 Å². The van der Waals surface area contributed by atoms with Crippen molar-refractivity contribution in [1.29, 1.82) is 0 Å². The van der Waals surface area contributed by atoms with Crippen LogP contribution in [0.5, 0.6) is 11.5 Å². The van der Waals surface area contributed by atoms with Crippen molar-refractivity contribution in [3.05, 3.63) is 78.4 Å². The Morgan fingerprint density at radius 1 is 0.939 bits per heavy atom. The van der Waals surface area contributed by atoms with Crippen molar-refractivity contribution < 1.29 is 27.4 Å². The highest BCUT2D eigenvalue weighted by atomic mass is 19.4. The standard InChI is InChI=1S/C24H22F3N3O3/c1-32-20-11-12-21-22(15-20)29(16-17-5-3-2-4-6-17)13-14-30(21)23(31)28-18-7-9-19(10-8-18)33-24(25,26)27/h2-12,15H,13-14,16H2,1H3,(H,28,31). The number of urea groups is 1. The van der Waals surface area contributed by atoms with E-state index in [0.717, 1.165) is 23.4 Å². The number of anilines is 3. The molecule has 1 aliphatic rings. The van der Waals surface area contributed by atoms with Gasteiger partial charge in [-0.05, 0) is 42.0 Å². The summed E-state index contributed by atoms with van der Waals surface area (Å²) in [6.07, 6.45) is -4.77. The highest BCUT2D eigenvalue weighted by Crippen LogP contribution is 2.37. The maximum absolute atomic E-state index is 13.0. The summed E-state index contributed by atoms with van der Waals surface area (Å²) in [5, 5.41) is 2.74. The predicted molar refractivity (Wildman–Crippen MR) is 120 cm³/mol.